The number of halogens is 1. The van der Waals surface area contributed by atoms with Crippen molar-refractivity contribution in [1.29, 1.82) is 0 Å². The van der Waals surface area contributed by atoms with Gasteiger partial charge >= 0.3 is 5.69 Å². The zero-order valence-electron chi connectivity index (χ0n) is 13.9. The molecule has 2 heterocycles. The standard InChI is InChI=1S/C16H20FN5O3/c1-25-14-12-10(4-11(17)13(14)20-6-8(5-18)7-20)15(23)22(19)16(24)21(12)9-2-3-9/h4,8-9H,2-3,5-7,18-19H2,1H3. The number of hydrogen-bond acceptors (Lipinski definition) is 6. The van der Waals surface area contributed by atoms with Gasteiger partial charge in [-0.2, -0.15) is 4.68 Å². The van der Waals surface area contributed by atoms with Crippen LogP contribution in [-0.2, 0) is 0 Å². The van der Waals surface area contributed by atoms with Crippen molar-refractivity contribution in [2.75, 3.05) is 37.5 Å². The van der Waals surface area contributed by atoms with Crippen molar-refractivity contribution < 1.29 is 9.13 Å². The normalized spacial score (nSPS) is 17.8. The molecular weight excluding hydrogens is 329 g/mol. The first-order valence-electron chi connectivity index (χ1n) is 8.25. The van der Waals surface area contributed by atoms with Gasteiger partial charge in [-0.05, 0) is 25.5 Å². The Hall–Kier alpha value is -2.55. The average Bonchev–Trinajstić information content (AvgIpc) is 3.38. The van der Waals surface area contributed by atoms with Gasteiger partial charge in [0, 0.05) is 25.0 Å². The number of anilines is 1. The predicted molar refractivity (Wildman–Crippen MR) is 92.2 cm³/mol. The van der Waals surface area contributed by atoms with E-state index < -0.39 is 17.1 Å². The summed E-state index contributed by atoms with van der Waals surface area (Å²) < 4.78 is 22.3. The maximum Gasteiger partial charge on any atom is 0.350 e. The molecule has 0 unspecified atom stereocenters. The molecule has 1 aliphatic heterocycles. The molecule has 0 amide bonds. The number of nitrogens with zero attached hydrogens (tertiary/aromatic N) is 3. The molecule has 2 fully saturated rings. The lowest BCUT2D eigenvalue weighted by atomic mass is 9.98. The zero-order valence-corrected chi connectivity index (χ0v) is 13.9. The van der Waals surface area contributed by atoms with E-state index in [1.807, 2.05) is 4.90 Å². The Morgan fingerprint density at radius 1 is 1.32 bits per heavy atom. The summed E-state index contributed by atoms with van der Waals surface area (Å²) in [5.74, 6) is 5.53. The van der Waals surface area contributed by atoms with E-state index in [2.05, 4.69) is 0 Å². The van der Waals surface area contributed by atoms with Crippen LogP contribution < -0.4 is 32.5 Å². The van der Waals surface area contributed by atoms with Crippen LogP contribution in [0, 0.1) is 11.7 Å². The minimum Gasteiger partial charge on any atom is -0.492 e. The van der Waals surface area contributed by atoms with Crippen LogP contribution in [0.2, 0.25) is 0 Å². The molecule has 134 valence electrons. The molecule has 8 nitrogen and oxygen atoms in total. The highest BCUT2D eigenvalue weighted by Crippen LogP contribution is 2.43. The van der Waals surface area contributed by atoms with E-state index in [0.717, 1.165) is 18.9 Å². The minimum atomic E-state index is -0.732. The lowest BCUT2D eigenvalue weighted by molar-refractivity contribution is 0.385. The number of hydrogen-bond donors (Lipinski definition) is 2. The number of methoxy groups -OCH3 is 1. The molecule has 9 heteroatoms. The van der Waals surface area contributed by atoms with Crippen LogP contribution in [0.3, 0.4) is 0 Å². The highest BCUT2D eigenvalue weighted by atomic mass is 19.1. The van der Waals surface area contributed by atoms with Crippen LogP contribution in [-0.4, -0.2) is 36.0 Å². The Kier molecular flexibility index (Phi) is 3.50. The van der Waals surface area contributed by atoms with Crippen LogP contribution in [0.5, 0.6) is 5.75 Å². The maximum atomic E-state index is 14.8. The van der Waals surface area contributed by atoms with Crippen molar-refractivity contribution in [3.63, 3.8) is 0 Å². The first kappa shape index (κ1) is 15.9. The maximum absolute atomic E-state index is 14.8. The van der Waals surface area contributed by atoms with Gasteiger partial charge in [-0.15, -0.1) is 0 Å². The van der Waals surface area contributed by atoms with Gasteiger partial charge in [0.15, 0.2) is 11.6 Å². The number of benzene rings is 1. The highest BCUT2D eigenvalue weighted by Gasteiger charge is 2.35. The van der Waals surface area contributed by atoms with Crippen LogP contribution in [0.4, 0.5) is 10.1 Å². The summed E-state index contributed by atoms with van der Waals surface area (Å²) in [6.07, 6.45) is 1.62. The fraction of sp³-hybridized carbons (Fsp3) is 0.500. The van der Waals surface area contributed by atoms with Gasteiger partial charge in [-0.1, -0.05) is 0 Å². The van der Waals surface area contributed by atoms with E-state index in [4.69, 9.17) is 16.3 Å². The molecule has 1 saturated carbocycles. The molecule has 0 bridgehead atoms. The van der Waals surface area contributed by atoms with Crippen molar-refractivity contribution in [3.8, 4) is 5.75 Å². The third kappa shape index (κ3) is 2.22. The van der Waals surface area contributed by atoms with Crippen molar-refractivity contribution in [2.45, 2.75) is 18.9 Å². The monoisotopic (exact) mass is 349 g/mol. The van der Waals surface area contributed by atoms with Gasteiger partial charge in [-0.25, -0.2) is 9.18 Å². The predicted octanol–water partition coefficient (Wildman–Crippen LogP) is -0.245. The van der Waals surface area contributed by atoms with E-state index >= 15 is 0 Å². The topological polar surface area (TPSA) is 109 Å². The van der Waals surface area contributed by atoms with Gasteiger partial charge < -0.3 is 21.2 Å². The Morgan fingerprint density at radius 2 is 2.00 bits per heavy atom. The lowest BCUT2D eigenvalue weighted by Gasteiger charge is -2.41. The van der Waals surface area contributed by atoms with E-state index in [-0.39, 0.29) is 22.9 Å². The van der Waals surface area contributed by atoms with Crippen molar-refractivity contribution in [3.05, 3.63) is 32.7 Å². The number of aromatic nitrogens is 2. The number of fused-ring (bicyclic) bond motifs is 1. The van der Waals surface area contributed by atoms with Crippen LogP contribution in [0.15, 0.2) is 15.7 Å². The Morgan fingerprint density at radius 3 is 2.56 bits per heavy atom. The van der Waals surface area contributed by atoms with Crippen LogP contribution in [0.25, 0.3) is 10.9 Å². The van der Waals surface area contributed by atoms with Crippen molar-refractivity contribution >= 4 is 16.6 Å². The first-order chi connectivity index (χ1) is 12.0. The fourth-order valence-electron chi connectivity index (χ4n) is 3.50. The molecule has 1 aromatic heterocycles. The molecule has 0 radical (unpaired) electrons. The summed E-state index contributed by atoms with van der Waals surface area (Å²) in [6.45, 7) is 1.74. The summed E-state index contributed by atoms with van der Waals surface area (Å²) in [5, 5.41) is 0.0444. The number of ether oxygens (including phenoxy) is 1. The van der Waals surface area contributed by atoms with Gasteiger partial charge in [0.25, 0.3) is 5.56 Å². The largest absolute Gasteiger partial charge is 0.492 e. The van der Waals surface area contributed by atoms with Crippen molar-refractivity contribution in [1.82, 2.24) is 9.24 Å². The number of rotatable bonds is 4. The second kappa shape index (κ2) is 5.48. The van der Waals surface area contributed by atoms with Gasteiger partial charge in [0.05, 0.1) is 12.5 Å². The summed E-state index contributed by atoms with van der Waals surface area (Å²) in [5.41, 5.74) is 4.88. The molecule has 1 aliphatic carbocycles. The summed E-state index contributed by atoms with van der Waals surface area (Å²) in [4.78, 5) is 26.7. The molecule has 2 aliphatic rings. The Bertz CT molecular complexity index is 973. The quantitative estimate of drug-likeness (QED) is 0.737. The smallest absolute Gasteiger partial charge is 0.350 e. The first-order valence-corrected chi connectivity index (χ1v) is 8.25. The molecule has 25 heavy (non-hydrogen) atoms. The van der Waals surface area contributed by atoms with Gasteiger partial charge in [0.1, 0.15) is 11.2 Å². The molecular formula is C16H20FN5O3. The Labute approximate surface area is 142 Å². The second-order valence-electron chi connectivity index (χ2n) is 6.70. The second-order valence-corrected chi connectivity index (χ2v) is 6.70. The molecule has 4 N–H and O–H groups in total. The van der Waals surface area contributed by atoms with Gasteiger partial charge in [0.2, 0.25) is 0 Å². The van der Waals surface area contributed by atoms with Crippen molar-refractivity contribution in [2.24, 2.45) is 11.7 Å². The molecule has 1 saturated heterocycles. The number of nitrogens with two attached hydrogens (primary N) is 2. The van der Waals surface area contributed by atoms with Crippen LogP contribution >= 0.6 is 0 Å². The third-order valence-corrected chi connectivity index (χ3v) is 5.01. The molecule has 0 atom stereocenters. The molecule has 4 rings (SSSR count). The summed E-state index contributed by atoms with van der Waals surface area (Å²) >= 11 is 0. The van der Waals surface area contributed by atoms with E-state index in [1.165, 1.54) is 11.7 Å². The minimum absolute atomic E-state index is 0.0444. The fourth-order valence-corrected chi connectivity index (χ4v) is 3.50. The highest BCUT2D eigenvalue weighted by molar-refractivity contribution is 5.91. The lowest BCUT2D eigenvalue weighted by Crippen LogP contribution is -2.50. The van der Waals surface area contributed by atoms with E-state index in [1.54, 1.807) is 0 Å². The molecule has 1 aromatic carbocycles. The van der Waals surface area contributed by atoms with Gasteiger partial charge in [-0.3, -0.25) is 9.36 Å². The average molecular weight is 349 g/mol. The molecule has 2 aromatic rings. The van der Waals surface area contributed by atoms with Crippen LogP contribution in [0.1, 0.15) is 18.9 Å². The van der Waals surface area contributed by atoms with E-state index in [9.17, 15) is 14.0 Å². The Balaban J connectivity index is 2.04. The number of nitrogen functional groups attached to an aromatic ring is 1. The zero-order chi connectivity index (χ0) is 17.9. The third-order valence-electron chi connectivity index (χ3n) is 5.01. The molecule has 0 spiro atoms. The SMILES string of the molecule is COc1c(N2CC(CN)C2)c(F)cc2c(=O)n(N)c(=O)n(C3CC3)c12. The van der Waals surface area contributed by atoms with E-state index in [0.29, 0.717) is 35.7 Å². The summed E-state index contributed by atoms with van der Waals surface area (Å²) in [6, 6.07) is 1.10. The summed E-state index contributed by atoms with van der Waals surface area (Å²) in [7, 11) is 1.41.